The van der Waals surface area contributed by atoms with Crippen molar-refractivity contribution in [3.05, 3.63) is 23.8 Å². The van der Waals surface area contributed by atoms with Crippen LogP contribution in [-0.4, -0.2) is 66.7 Å². The monoisotopic (exact) mass is 403 g/mol. The molecule has 0 aliphatic carbocycles. The zero-order chi connectivity index (χ0) is 20.6. The van der Waals surface area contributed by atoms with Gasteiger partial charge < -0.3 is 15.2 Å². The van der Waals surface area contributed by atoms with Crippen molar-refractivity contribution in [1.82, 2.24) is 15.1 Å². The predicted octanol–water partition coefficient (Wildman–Crippen LogP) is 2.99. The average Bonchev–Trinajstić information content (AvgIpc) is 3.21. The number of carbonyl (C=O) groups is 1. The van der Waals surface area contributed by atoms with Gasteiger partial charge >= 0.3 is 0 Å². The minimum atomic E-state index is 0.205. The van der Waals surface area contributed by atoms with Crippen molar-refractivity contribution in [3.8, 4) is 11.5 Å². The van der Waals surface area contributed by atoms with Crippen LogP contribution < -0.4 is 10.1 Å². The van der Waals surface area contributed by atoms with Gasteiger partial charge in [-0.15, -0.1) is 0 Å². The number of rotatable bonds is 9. The summed E-state index contributed by atoms with van der Waals surface area (Å²) in [4.78, 5) is 17.1. The zero-order valence-electron chi connectivity index (χ0n) is 18.0. The van der Waals surface area contributed by atoms with Gasteiger partial charge in [-0.2, -0.15) is 0 Å². The fraction of sp³-hybridized carbons (Fsp3) is 0.696. The normalized spacial score (nSPS) is 21.4. The third-order valence-electron chi connectivity index (χ3n) is 6.61. The molecule has 6 nitrogen and oxygen atoms in total. The maximum absolute atomic E-state index is 12.3. The van der Waals surface area contributed by atoms with Gasteiger partial charge in [0.05, 0.1) is 7.11 Å². The van der Waals surface area contributed by atoms with Crippen molar-refractivity contribution < 1.29 is 14.6 Å². The fourth-order valence-electron chi connectivity index (χ4n) is 4.69. The second-order valence-electron chi connectivity index (χ2n) is 8.48. The van der Waals surface area contributed by atoms with Gasteiger partial charge in [0.25, 0.3) is 0 Å². The van der Waals surface area contributed by atoms with E-state index in [-0.39, 0.29) is 5.91 Å². The number of likely N-dealkylation sites (tertiary alicyclic amines) is 2. The summed E-state index contributed by atoms with van der Waals surface area (Å²) < 4.78 is 5.26. The topological polar surface area (TPSA) is 65.0 Å². The number of nitrogens with one attached hydrogen (secondary N) is 1. The number of hydrogen-bond donors (Lipinski definition) is 2. The third kappa shape index (κ3) is 6.34. The Kier molecular flexibility index (Phi) is 8.19. The molecule has 2 N–H and O–H groups in total. The Morgan fingerprint density at radius 1 is 1.24 bits per heavy atom. The smallest absolute Gasteiger partial charge is 0.220 e. The molecule has 1 unspecified atom stereocenters. The summed E-state index contributed by atoms with van der Waals surface area (Å²) in [6.45, 7) is 8.01. The Bertz CT molecular complexity index is 659. The van der Waals surface area contributed by atoms with Crippen LogP contribution in [0.4, 0.5) is 0 Å². The Balaban J connectivity index is 1.34. The number of phenolic OH excluding ortho intramolecular Hbond substituents is 1. The van der Waals surface area contributed by atoms with Crippen molar-refractivity contribution in [2.24, 2.45) is 5.92 Å². The number of ether oxygens (including phenoxy) is 1. The van der Waals surface area contributed by atoms with Crippen molar-refractivity contribution in [3.63, 3.8) is 0 Å². The largest absolute Gasteiger partial charge is 0.508 e. The van der Waals surface area contributed by atoms with E-state index in [1.54, 1.807) is 19.2 Å². The number of carbonyl (C=O) groups excluding carboxylic acids is 1. The zero-order valence-corrected chi connectivity index (χ0v) is 18.0. The minimum absolute atomic E-state index is 0.205. The van der Waals surface area contributed by atoms with E-state index in [1.807, 2.05) is 6.07 Å². The molecule has 2 aliphatic heterocycles. The highest BCUT2D eigenvalue weighted by molar-refractivity contribution is 5.75. The van der Waals surface area contributed by atoms with Crippen LogP contribution in [0.15, 0.2) is 18.2 Å². The highest BCUT2D eigenvalue weighted by Gasteiger charge is 2.24. The predicted molar refractivity (Wildman–Crippen MR) is 115 cm³/mol. The van der Waals surface area contributed by atoms with Crippen LogP contribution in [0.25, 0.3) is 0 Å². The van der Waals surface area contributed by atoms with E-state index < -0.39 is 0 Å². The first-order valence-corrected chi connectivity index (χ1v) is 11.2. The fourth-order valence-corrected chi connectivity index (χ4v) is 4.69. The number of methoxy groups -OCH3 is 1. The lowest BCUT2D eigenvalue weighted by Gasteiger charge is -2.32. The third-order valence-corrected chi connectivity index (χ3v) is 6.61. The Labute approximate surface area is 175 Å². The van der Waals surface area contributed by atoms with Gasteiger partial charge in [0.1, 0.15) is 11.5 Å². The van der Waals surface area contributed by atoms with E-state index in [0.717, 1.165) is 63.3 Å². The molecule has 2 aliphatic rings. The highest BCUT2D eigenvalue weighted by Crippen LogP contribution is 2.27. The number of aromatic hydroxyl groups is 1. The Morgan fingerprint density at radius 3 is 2.76 bits per heavy atom. The van der Waals surface area contributed by atoms with Crippen LogP contribution in [0.2, 0.25) is 0 Å². The van der Waals surface area contributed by atoms with E-state index in [4.69, 9.17) is 4.74 Å². The first kappa shape index (κ1) is 21.9. The molecule has 3 rings (SSSR count). The van der Waals surface area contributed by atoms with Crippen LogP contribution in [0, 0.1) is 5.92 Å². The number of phenols is 1. The summed E-state index contributed by atoms with van der Waals surface area (Å²) in [5.41, 5.74) is 0.912. The number of hydrogen-bond acceptors (Lipinski definition) is 5. The Morgan fingerprint density at radius 2 is 2.03 bits per heavy atom. The number of nitrogens with zero attached hydrogens (tertiary/aromatic N) is 2. The molecule has 0 spiro atoms. The highest BCUT2D eigenvalue weighted by atomic mass is 16.5. The molecule has 2 saturated heterocycles. The van der Waals surface area contributed by atoms with E-state index in [2.05, 4.69) is 22.0 Å². The van der Waals surface area contributed by atoms with Gasteiger partial charge in [-0.1, -0.05) is 6.92 Å². The summed E-state index contributed by atoms with van der Waals surface area (Å²) in [5, 5.41) is 13.2. The van der Waals surface area contributed by atoms with E-state index >= 15 is 0 Å². The minimum Gasteiger partial charge on any atom is -0.508 e. The summed E-state index contributed by atoms with van der Waals surface area (Å²) in [5.74, 6) is 1.93. The summed E-state index contributed by atoms with van der Waals surface area (Å²) in [6.07, 6.45) is 6.30. The number of piperidine rings is 1. The molecule has 0 saturated carbocycles. The molecule has 0 aromatic heterocycles. The van der Waals surface area contributed by atoms with Crippen LogP contribution in [0.5, 0.6) is 11.5 Å². The van der Waals surface area contributed by atoms with Crippen LogP contribution >= 0.6 is 0 Å². The van der Waals surface area contributed by atoms with Gasteiger partial charge in [0.15, 0.2) is 0 Å². The molecular formula is C23H37N3O3. The standard InChI is InChI=1S/C23H37N3O3/c1-3-26-12-4-5-20(26)16-24-23(28)9-6-18-10-13-25(14-11-18)17-19-15-21(29-2)7-8-22(19)27/h7-8,15,18,20,27H,3-6,9-14,16-17H2,1-2H3,(H,24,28). The maximum atomic E-state index is 12.3. The van der Waals surface area contributed by atoms with Gasteiger partial charge in [-0.05, 0) is 82.4 Å². The van der Waals surface area contributed by atoms with Crippen LogP contribution in [-0.2, 0) is 11.3 Å². The summed E-state index contributed by atoms with van der Waals surface area (Å²) >= 11 is 0. The molecular weight excluding hydrogens is 366 g/mol. The number of benzene rings is 1. The second kappa shape index (κ2) is 10.8. The first-order chi connectivity index (χ1) is 14.1. The lowest BCUT2D eigenvalue weighted by Crippen LogP contribution is -2.40. The first-order valence-electron chi connectivity index (χ1n) is 11.2. The summed E-state index contributed by atoms with van der Waals surface area (Å²) in [7, 11) is 1.64. The molecule has 162 valence electrons. The summed E-state index contributed by atoms with van der Waals surface area (Å²) in [6, 6.07) is 5.92. The average molecular weight is 404 g/mol. The number of likely N-dealkylation sites (N-methyl/N-ethyl adjacent to an activating group) is 1. The molecule has 0 radical (unpaired) electrons. The van der Waals surface area contributed by atoms with Gasteiger partial charge in [-0.25, -0.2) is 0 Å². The molecule has 29 heavy (non-hydrogen) atoms. The molecule has 2 fully saturated rings. The molecule has 1 aromatic carbocycles. The quantitative estimate of drug-likeness (QED) is 0.664. The van der Waals surface area contributed by atoms with Crippen molar-refractivity contribution in [1.29, 1.82) is 0 Å². The Hall–Kier alpha value is -1.79. The second-order valence-corrected chi connectivity index (χ2v) is 8.48. The lowest BCUT2D eigenvalue weighted by molar-refractivity contribution is -0.121. The van der Waals surface area contributed by atoms with Gasteiger partial charge in [0, 0.05) is 31.1 Å². The number of amides is 1. The molecule has 1 atom stereocenters. The molecule has 0 bridgehead atoms. The lowest BCUT2D eigenvalue weighted by atomic mass is 9.91. The van der Waals surface area contributed by atoms with E-state index in [1.165, 1.54) is 19.4 Å². The SMILES string of the molecule is CCN1CCCC1CNC(=O)CCC1CCN(Cc2cc(OC)ccc2O)CC1. The van der Waals surface area contributed by atoms with Crippen LogP contribution in [0.3, 0.4) is 0 Å². The molecule has 1 amide bonds. The molecule has 6 heteroatoms. The van der Waals surface area contributed by atoms with Crippen molar-refractivity contribution in [2.45, 2.75) is 58.0 Å². The van der Waals surface area contributed by atoms with Gasteiger partial charge in [-0.3, -0.25) is 14.6 Å². The van der Waals surface area contributed by atoms with Crippen molar-refractivity contribution in [2.75, 3.05) is 39.8 Å². The molecule has 2 heterocycles. The van der Waals surface area contributed by atoms with Crippen LogP contribution in [0.1, 0.15) is 51.0 Å². The maximum Gasteiger partial charge on any atom is 0.220 e. The van der Waals surface area contributed by atoms with E-state index in [9.17, 15) is 9.90 Å². The molecule has 1 aromatic rings. The van der Waals surface area contributed by atoms with Crippen molar-refractivity contribution >= 4 is 5.91 Å². The van der Waals surface area contributed by atoms with Gasteiger partial charge in [0.2, 0.25) is 5.91 Å². The van der Waals surface area contributed by atoms with E-state index in [0.29, 0.717) is 24.1 Å².